The first-order valence-corrected chi connectivity index (χ1v) is 11.8. The number of carbonyl (C=O) groups excluding carboxylic acids is 2. The lowest BCUT2D eigenvalue weighted by Gasteiger charge is -2.36. The number of aromatic nitrogens is 2. The van der Waals surface area contributed by atoms with Crippen molar-refractivity contribution >= 4 is 17.8 Å². The molecule has 2 aliphatic heterocycles. The van der Waals surface area contributed by atoms with Gasteiger partial charge in [0.2, 0.25) is 0 Å². The number of carbonyl (C=O) groups is 3. The van der Waals surface area contributed by atoms with Crippen LogP contribution >= 0.6 is 0 Å². The zero-order valence-corrected chi connectivity index (χ0v) is 19.6. The summed E-state index contributed by atoms with van der Waals surface area (Å²) in [6.45, 7) is 6.71. The summed E-state index contributed by atoms with van der Waals surface area (Å²) in [5.41, 5.74) is 2.71. The molecule has 2 N–H and O–H groups in total. The van der Waals surface area contributed by atoms with Gasteiger partial charge < -0.3 is 19.9 Å². The Balaban J connectivity index is 1.48. The van der Waals surface area contributed by atoms with Crippen LogP contribution in [0.3, 0.4) is 0 Å². The van der Waals surface area contributed by atoms with E-state index in [1.807, 2.05) is 13.8 Å². The van der Waals surface area contributed by atoms with E-state index in [4.69, 9.17) is 19.7 Å². The topological polar surface area (TPSA) is 120 Å². The monoisotopic (exact) mass is 469 g/mol. The number of nitrogens with zero attached hydrogens (tertiary/aromatic N) is 2. The number of amides is 1. The maximum absolute atomic E-state index is 12.9. The second kappa shape index (κ2) is 9.97. The molecule has 2 aromatic rings. The van der Waals surface area contributed by atoms with E-state index >= 15 is 0 Å². The maximum atomic E-state index is 12.9. The summed E-state index contributed by atoms with van der Waals surface area (Å²) in [5, 5.41) is 17.0. The quantitative estimate of drug-likeness (QED) is 0.598. The Labute approximate surface area is 198 Å². The summed E-state index contributed by atoms with van der Waals surface area (Å²) < 4.78 is 12.8. The van der Waals surface area contributed by atoms with Crippen molar-refractivity contribution in [3.63, 3.8) is 0 Å². The smallest absolute Gasteiger partial charge is 0.338 e. The largest absolute Gasteiger partial charge is 0.478 e. The average Bonchev–Trinajstić information content (AvgIpc) is 3.11. The van der Waals surface area contributed by atoms with Crippen molar-refractivity contribution in [2.75, 3.05) is 26.4 Å². The third-order valence-corrected chi connectivity index (χ3v) is 6.76. The minimum atomic E-state index is -1.10. The number of hydrogen-bond donors (Lipinski definition) is 2. The zero-order valence-electron chi connectivity index (χ0n) is 19.6. The Morgan fingerprint density at radius 1 is 1.29 bits per heavy atom. The van der Waals surface area contributed by atoms with Crippen LogP contribution < -0.4 is 5.32 Å². The number of fused-ring (bicyclic) bond motifs is 1. The molecule has 1 saturated heterocycles. The number of hydrogen-bond acceptors (Lipinski definition) is 6. The minimum absolute atomic E-state index is 0.0274. The van der Waals surface area contributed by atoms with Crippen LogP contribution in [0, 0.1) is 11.3 Å². The van der Waals surface area contributed by atoms with E-state index in [2.05, 4.69) is 5.32 Å². The predicted octanol–water partition coefficient (Wildman–Crippen LogP) is 2.72. The highest BCUT2D eigenvalue weighted by atomic mass is 16.5. The summed E-state index contributed by atoms with van der Waals surface area (Å²) in [7, 11) is 0. The van der Waals surface area contributed by atoms with Gasteiger partial charge in [-0.05, 0) is 62.1 Å². The van der Waals surface area contributed by atoms with Gasteiger partial charge in [-0.2, -0.15) is 5.10 Å². The van der Waals surface area contributed by atoms with Crippen LogP contribution in [0.25, 0.3) is 0 Å². The number of aryl methyl sites for hydroxylation is 1. The van der Waals surface area contributed by atoms with E-state index in [0.29, 0.717) is 38.4 Å². The van der Waals surface area contributed by atoms with Gasteiger partial charge in [-0.25, -0.2) is 9.59 Å². The molecule has 1 aromatic carbocycles. The highest BCUT2D eigenvalue weighted by molar-refractivity contribution is 5.95. The lowest BCUT2D eigenvalue weighted by molar-refractivity contribution is 0.0160. The number of carboxylic acids is 1. The van der Waals surface area contributed by atoms with E-state index in [-0.39, 0.29) is 35.0 Å². The number of carboxylic acid groups (broad SMARTS) is 1. The standard InChI is InChI=1S/C25H31N3O6/c1-3-28-21-19(13-25(15-26-22(21)29)7-9-33-10-8-25)20(27-28)11-16(2)14-34-24(32)18-6-4-5-17(12-18)23(30)31/h4-6,12,16H,3,7-11,13-15H2,1-2H3,(H,26,29)(H,30,31)/t16-/m1/s1. The van der Waals surface area contributed by atoms with Crippen molar-refractivity contribution in [3.8, 4) is 0 Å². The molecule has 1 atom stereocenters. The first-order chi connectivity index (χ1) is 16.3. The van der Waals surface area contributed by atoms with Crippen LogP contribution in [0.5, 0.6) is 0 Å². The summed E-state index contributed by atoms with van der Waals surface area (Å²) in [6, 6.07) is 5.80. The molecule has 3 heterocycles. The summed E-state index contributed by atoms with van der Waals surface area (Å²) in [6.07, 6.45) is 3.13. The molecule has 9 nitrogen and oxygen atoms in total. The number of nitrogens with one attached hydrogen (secondary N) is 1. The Kier molecular flexibility index (Phi) is 7.02. The van der Waals surface area contributed by atoms with E-state index in [9.17, 15) is 14.4 Å². The summed E-state index contributed by atoms with van der Waals surface area (Å²) in [5.74, 6) is -1.78. The van der Waals surface area contributed by atoms with Gasteiger partial charge in [0.25, 0.3) is 5.91 Å². The molecule has 34 heavy (non-hydrogen) atoms. The second-order valence-electron chi connectivity index (χ2n) is 9.36. The Bertz CT molecular complexity index is 1090. The van der Waals surface area contributed by atoms with Crippen molar-refractivity contribution in [3.05, 3.63) is 52.3 Å². The molecule has 1 fully saturated rings. The first-order valence-electron chi connectivity index (χ1n) is 11.8. The predicted molar refractivity (Wildman–Crippen MR) is 123 cm³/mol. The van der Waals surface area contributed by atoms with E-state index < -0.39 is 11.9 Å². The Morgan fingerprint density at radius 3 is 2.74 bits per heavy atom. The number of ether oxygens (including phenoxy) is 2. The molecule has 182 valence electrons. The van der Waals surface area contributed by atoms with Crippen LogP contribution in [-0.2, 0) is 28.9 Å². The fraction of sp³-hybridized carbons (Fsp3) is 0.520. The van der Waals surface area contributed by atoms with Crippen LogP contribution in [0.15, 0.2) is 24.3 Å². The fourth-order valence-electron chi connectivity index (χ4n) is 4.80. The van der Waals surface area contributed by atoms with Gasteiger partial charge in [0.1, 0.15) is 5.69 Å². The van der Waals surface area contributed by atoms with Gasteiger partial charge in [-0.15, -0.1) is 0 Å². The van der Waals surface area contributed by atoms with Gasteiger partial charge >= 0.3 is 11.9 Å². The SMILES string of the molecule is CCn1nc(C[C@@H](C)COC(=O)c2cccc(C(=O)O)c2)c2c1C(=O)NCC1(CCOCC1)C2. The lowest BCUT2D eigenvalue weighted by atomic mass is 9.75. The minimum Gasteiger partial charge on any atom is -0.478 e. The van der Waals surface area contributed by atoms with E-state index in [1.54, 1.807) is 4.68 Å². The first kappa shape index (κ1) is 23.9. The van der Waals surface area contributed by atoms with Gasteiger partial charge in [0.15, 0.2) is 0 Å². The molecular formula is C25H31N3O6. The molecule has 0 aliphatic carbocycles. The molecule has 0 radical (unpaired) electrons. The number of rotatable bonds is 7. The van der Waals surface area contributed by atoms with Crippen LogP contribution in [-0.4, -0.2) is 59.1 Å². The van der Waals surface area contributed by atoms with Crippen LogP contribution in [0.4, 0.5) is 0 Å². The number of esters is 1. The molecule has 1 spiro atoms. The average molecular weight is 470 g/mol. The molecule has 4 rings (SSSR count). The van der Waals surface area contributed by atoms with E-state index in [1.165, 1.54) is 24.3 Å². The van der Waals surface area contributed by atoms with Gasteiger partial charge in [-0.3, -0.25) is 9.48 Å². The molecule has 0 bridgehead atoms. The van der Waals surface area contributed by atoms with Crippen LogP contribution in [0.2, 0.25) is 0 Å². The van der Waals surface area contributed by atoms with Crippen molar-refractivity contribution in [2.24, 2.45) is 11.3 Å². The summed E-state index contributed by atoms with van der Waals surface area (Å²) >= 11 is 0. The molecular weight excluding hydrogens is 438 g/mol. The molecule has 1 amide bonds. The molecule has 1 aromatic heterocycles. The van der Waals surface area contributed by atoms with Gasteiger partial charge in [0, 0.05) is 31.9 Å². The number of aromatic carboxylic acids is 1. The number of benzene rings is 1. The normalized spacial score (nSPS) is 18.0. The second-order valence-corrected chi connectivity index (χ2v) is 9.36. The van der Waals surface area contributed by atoms with E-state index in [0.717, 1.165) is 30.5 Å². The van der Waals surface area contributed by atoms with Crippen LogP contribution in [0.1, 0.15) is 69.2 Å². The Hall–Kier alpha value is -3.20. The van der Waals surface area contributed by atoms with Gasteiger partial charge in [-0.1, -0.05) is 13.0 Å². The van der Waals surface area contributed by atoms with Crippen molar-refractivity contribution in [1.29, 1.82) is 0 Å². The fourth-order valence-corrected chi connectivity index (χ4v) is 4.80. The van der Waals surface area contributed by atoms with Crippen molar-refractivity contribution in [1.82, 2.24) is 15.1 Å². The Morgan fingerprint density at radius 2 is 2.03 bits per heavy atom. The molecule has 0 unspecified atom stereocenters. The highest BCUT2D eigenvalue weighted by Crippen LogP contribution is 2.38. The maximum Gasteiger partial charge on any atom is 0.338 e. The summed E-state index contributed by atoms with van der Waals surface area (Å²) in [4.78, 5) is 36.5. The van der Waals surface area contributed by atoms with Gasteiger partial charge in [0.05, 0.1) is 23.4 Å². The third-order valence-electron chi connectivity index (χ3n) is 6.76. The molecule has 0 saturated carbocycles. The lowest BCUT2D eigenvalue weighted by Crippen LogP contribution is -2.40. The zero-order chi connectivity index (χ0) is 24.3. The van der Waals surface area contributed by atoms with Crippen molar-refractivity contribution in [2.45, 2.75) is 46.1 Å². The third kappa shape index (κ3) is 4.99. The van der Waals surface area contributed by atoms with Crippen molar-refractivity contribution < 1.29 is 29.0 Å². The molecule has 2 aliphatic rings. The molecule has 9 heteroatoms. The highest BCUT2D eigenvalue weighted by Gasteiger charge is 2.39.